The zero-order valence-electron chi connectivity index (χ0n) is 10.2. The molecule has 5 heteroatoms. The highest BCUT2D eigenvalue weighted by molar-refractivity contribution is 6.08. The molecule has 0 amide bonds. The van der Waals surface area contributed by atoms with E-state index in [-0.39, 0.29) is 22.8 Å². The highest BCUT2D eigenvalue weighted by Crippen LogP contribution is 2.14. The molecule has 0 fully saturated rings. The number of nitrogens with zero attached hydrogens (tertiary/aromatic N) is 1. The van der Waals surface area contributed by atoms with Crippen molar-refractivity contribution < 1.29 is 19.4 Å². The van der Waals surface area contributed by atoms with E-state index in [0.717, 1.165) is 0 Å². The first-order chi connectivity index (χ1) is 9.11. The maximum atomic E-state index is 12.1. The molecule has 1 aromatic carbocycles. The molecule has 19 heavy (non-hydrogen) atoms. The number of hydrogen-bond acceptors (Lipinski definition) is 5. The molecule has 0 aliphatic heterocycles. The number of phenols is 1. The largest absolute Gasteiger partial charge is 0.508 e. The normalized spacial score (nSPS) is 9.95. The first-order valence-corrected chi connectivity index (χ1v) is 5.50. The summed E-state index contributed by atoms with van der Waals surface area (Å²) in [5, 5.41) is 9.17. The van der Waals surface area contributed by atoms with Crippen LogP contribution in [0.5, 0.6) is 5.75 Å². The van der Waals surface area contributed by atoms with Crippen LogP contribution >= 0.6 is 0 Å². The van der Waals surface area contributed by atoms with Crippen LogP contribution in [-0.2, 0) is 4.74 Å². The summed E-state index contributed by atoms with van der Waals surface area (Å²) in [5.74, 6) is -0.777. The molecule has 0 spiro atoms. The summed E-state index contributed by atoms with van der Waals surface area (Å²) in [7, 11) is 1.27. The summed E-state index contributed by atoms with van der Waals surface area (Å²) in [6.45, 7) is 0. The monoisotopic (exact) mass is 257 g/mol. The zero-order chi connectivity index (χ0) is 13.8. The maximum absolute atomic E-state index is 12.1. The SMILES string of the molecule is COC(=O)c1ccnc(C(=O)c2ccc(O)cc2)c1. The lowest BCUT2D eigenvalue weighted by atomic mass is 10.1. The molecule has 0 unspecified atom stereocenters. The van der Waals surface area contributed by atoms with Crippen LogP contribution in [0.15, 0.2) is 42.6 Å². The van der Waals surface area contributed by atoms with Gasteiger partial charge in [-0.25, -0.2) is 4.79 Å². The van der Waals surface area contributed by atoms with Crippen LogP contribution < -0.4 is 0 Å². The van der Waals surface area contributed by atoms with Crippen LogP contribution in [0.3, 0.4) is 0 Å². The third-order valence-corrected chi connectivity index (χ3v) is 2.54. The summed E-state index contributed by atoms with van der Waals surface area (Å²) in [4.78, 5) is 27.4. The number of aromatic hydroxyl groups is 1. The van der Waals surface area contributed by atoms with Gasteiger partial charge in [0, 0.05) is 11.8 Å². The van der Waals surface area contributed by atoms with Crippen LogP contribution in [0.1, 0.15) is 26.4 Å². The van der Waals surface area contributed by atoms with Gasteiger partial charge in [0.1, 0.15) is 11.4 Å². The van der Waals surface area contributed by atoms with Gasteiger partial charge >= 0.3 is 5.97 Å². The van der Waals surface area contributed by atoms with Crippen molar-refractivity contribution in [2.75, 3.05) is 7.11 Å². The van der Waals surface area contributed by atoms with Crippen molar-refractivity contribution in [3.8, 4) is 5.75 Å². The van der Waals surface area contributed by atoms with Crippen molar-refractivity contribution in [3.63, 3.8) is 0 Å². The summed E-state index contributed by atoms with van der Waals surface area (Å²) < 4.78 is 4.58. The minimum Gasteiger partial charge on any atom is -0.508 e. The van der Waals surface area contributed by atoms with Crippen molar-refractivity contribution in [1.82, 2.24) is 4.98 Å². The Morgan fingerprint density at radius 3 is 2.42 bits per heavy atom. The number of phenolic OH excluding ortho intramolecular Hbond substituents is 1. The number of benzene rings is 1. The topological polar surface area (TPSA) is 76.5 Å². The predicted molar refractivity (Wildman–Crippen MR) is 67.1 cm³/mol. The molecule has 2 rings (SSSR count). The Hall–Kier alpha value is -2.69. The molecule has 0 radical (unpaired) electrons. The smallest absolute Gasteiger partial charge is 0.337 e. The van der Waals surface area contributed by atoms with E-state index in [1.807, 2.05) is 0 Å². The second kappa shape index (κ2) is 5.30. The average Bonchev–Trinajstić information content (AvgIpc) is 2.46. The number of ether oxygens (including phenoxy) is 1. The van der Waals surface area contributed by atoms with Crippen LogP contribution in [0.2, 0.25) is 0 Å². The Kier molecular flexibility index (Phi) is 3.56. The van der Waals surface area contributed by atoms with E-state index in [1.165, 1.54) is 49.7 Å². The Balaban J connectivity index is 2.34. The molecular formula is C14H11NO4. The van der Waals surface area contributed by atoms with Crippen molar-refractivity contribution in [2.45, 2.75) is 0 Å². The number of ketones is 1. The first-order valence-electron chi connectivity index (χ1n) is 5.50. The number of carbonyl (C=O) groups excluding carboxylic acids is 2. The highest BCUT2D eigenvalue weighted by Gasteiger charge is 2.13. The number of carbonyl (C=O) groups is 2. The van der Waals surface area contributed by atoms with Gasteiger partial charge in [-0.1, -0.05) is 0 Å². The van der Waals surface area contributed by atoms with E-state index >= 15 is 0 Å². The van der Waals surface area contributed by atoms with E-state index in [1.54, 1.807) is 0 Å². The van der Waals surface area contributed by atoms with E-state index in [2.05, 4.69) is 9.72 Å². The Bertz CT molecular complexity index is 620. The standard InChI is InChI=1S/C14H11NO4/c1-19-14(18)10-6-7-15-12(8-10)13(17)9-2-4-11(16)5-3-9/h2-8,16H,1H3. The van der Waals surface area contributed by atoms with Crippen LogP contribution in [0.25, 0.3) is 0 Å². The highest BCUT2D eigenvalue weighted by atomic mass is 16.5. The second-order valence-corrected chi connectivity index (χ2v) is 3.80. The molecular weight excluding hydrogens is 246 g/mol. The zero-order valence-corrected chi connectivity index (χ0v) is 10.2. The Morgan fingerprint density at radius 2 is 1.79 bits per heavy atom. The van der Waals surface area contributed by atoms with Gasteiger partial charge < -0.3 is 9.84 Å². The van der Waals surface area contributed by atoms with E-state index in [4.69, 9.17) is 5.11 Å². The van der Waals surface area contributed by atoms with Crippen molar-refractivity contribution in [2.24, 2.45) is 0 Å². The minimum absolute atomic E-state index is 0.0767. The fourth-order valence-electron chi connectivity index (χ4n) is 1.56. The van der Waals surface area contributed by atoms with Gasteiger partial charge in [-0.3, -0.25) is 9.78 Å². The maximum Gasteiger partial charge on any atom is 0.337 e. The van der Waals surface area contributed by atoms with Gasteiger partial charge in [-0.15, -0.1) is 0 Å². The molecule has 0 saturated carbocycles. The number of hydrogen-bond donors (Lipinski definition) is 1. The summed E-state index contributed by atoms with van der Waals surface area (Å²) >= 11 is 0. The number of aromatic nitrogens is 1. The molecule has 96 valence electrons. The number of rotatable bonds is 3. The fourth-order valence-corrected chi connectivity index (χ4v) is 1.56. The van der Waals surface area contributed by atoms with Gasteiger partial charge in [0.2, 0.25) is 5.78 Å². The first kappa shape index (κ1) is 12.8. The molecule has 1 heterocycles. The fraction of sp³-hybridized carbons (Fsp3) is 0.0714. The number of pyridine rings is 1. The molecule has 2 aromatic rings. The number of esters is 1. The van der Waals surface area contributed by atoms with Crippen molar-refractivity contribution in [1.29, 1.82) is 0 Å². The Morgan fingerprint density at radius 1 is 1.11 bits per heavy atom. The van der Waals surface area contributed by atoms with Gasteiger partial charge in [-0.2, -0.15) is 0 Å². The van der Waals surface area contributed by atoms with E-state index in [9.17, 15) is 9.59 Å². The van der Waals surface area contributed by atoms with Gasteiger partial charge in [0.15, 0.2) is 0 Å². The van der Waals surface area contributed by atoms with Gasteiger partial charge in [0.25, 0.3) is 0 Å². The van der Waals surface area contributed by atoms with Crippen LogP contribution in [-0.4, -0.2) is 29.0 Å². The summed E-state index contributed by atoms with van der Waals surface area (Å²) in [6.07, 6.45) is 1.37. The van der Waals surface area contributed by atoms with Crippen molar-refractivity contribution >= 4 is 11.8 Å². The molecule has 0 aliphatic carbocycles. The molecule has 0 aliphatic rings. The predicted octanol–water partition coefficient (Wildman–Crippen LogP) is 1.80. The second-order valence-electron chi connectivity index (χ2n) is 3.80. The quantitative estimate of drug-likeness (QED) is 0.670. The minimum atomic E-state index is -0.526. The third-order valence-electron chi connectivity index (χ3n) is 2.54. The van der Waals surface area contributed by atoms with Crippen molar-refractivity contribution in [3.05, 3.63) is 59.4 Å². The van der Waals surface area contributed by atoms with E-state index < -0.39 is 5.97 Å². The lowest BCUT2D eigenvalue weighted by Gasteiger charge is -2.03. The molecule has 1 N–H and O–H groups in total. The van der Waals surface area contributed by atoms with Gasteiger partial charge in [0.05, 0.1) is 12.7 Å². The lowest BCUT2D eigenvalue weighted by Crippen LogP contribution is -2.07. The van der Waals surface area contributed by atoms with Gasteiger partial charge in [-0.05, 0) is 36.4 Å². The number of methoxy groups -OCH3 is 1. The van der Waals surface area contributed by atoms with Crippen LogP contribution in [0, 0.1) is 0 Å². The lowest BCUT2D eigenvalue weighted by molar-refractivity contribution is 0.0600. The average molecular weight is 257 g/mol. The molecule has 0 saturated heterocycles. The van der Waals surface area contributed by atoms with E-state index in [0.29, 0.717) is 5.56 Å². The summed E-state index contributed by atoms with van der Waals surface area (Å²) in [6, 6.07) is 8.66. The molecule has 5 nitrogen and oxygen atoms in total. The third kappa shape index (κ3) is 2.77. The molecule has 0 atom stereocenters. The van der Waals surface area contributed by atoms with Crippen LogP contribution in [0.4, 0.5) is 0 Å². The summed E-state index contributed by atoms with van der Waals surface area (Å²) in [5.41, 5.74) is 0.792. The Labute approximate surface area is 109 Å². The molecule has 0 bridgehead atoms. The molecule has 1 aromatic heterocycles.